The van der Waals surface area contributed by atoms with Crippen LogP contribution in [0.5, 0.6) is 0 Å². The van der Waals surface area contributed by atoms with Crippen molar-refractivity contribution in [1.29, 1.82) is 0 Å². The fraction of sp³-hybridized carbons (Fsp3) is 0.278. The molecule has 0 bridgehead atoms. The number of aryl methyl sites for hydroxylation is 3. The summed E-state index contributed by atoms with van der Waals surface area (Å²) in [6, 6.07) is 6.21. The molecule has 0 saturated heterocycles. The van der Waals surface area contributed by atoms with E-state index in [-0.39, 0.29) is 11.7 Å². The molecule has 1 aromatic carbocycles. The second-order valence-corrected chi connectivity index (χ2v) is 6.52. The van der Waals surface area contributed by atoms with Crippen LogP contribution in [0.15, 0.2) is 36.7 Å². The van der Waals surface area contributed by atoms with Crippen molar-refractivity contribution in [2.75, 3.05) is 5.32 Å². The number of nitrogens with zero attached hydrogens (tertiary/aromatic N) is 4. The summed E-state index contributed by atoms with van der Waals surface area (Å²) in [6.45, 7) is 4.79. The van der Waals surface area contributed by atoms with Crippen molar-refractivity contribution in [3.8, 4) is 0 Å². The van der Waals surface area contributed by atoms with Crippen LogP contribution in [0.25, 0.3) is 0 Å². The molecule has 0 atom stereocenters. The number of hydrogen-bond donors (Lipinski definition) is 1. The van der Waals surface area contributed by atoms with Crippen LogP contribution in [-0.2, 0) is 17.9 Å². The van der Waals surface area contributed by atoms with Crippen molar-refractivity contribution in [2.24, 2.45) is 0 Å². The van der Waals surface area contributed by atoms with Gasteiger partial charge in [-0.15, -0.1) is 0 Å². The Hall–Kier alpha value is -2.67. The Labute approximate surface area is 155 Å². The van der Waals surface area contributed by atoms with Crippen LogP contribution in [0.3, 0.4) is 0 Å². The van der Waals surface area contributed by atoms with E-state index in [0.717, 1.165) is 17.0 Å². The number of benzene rings is 1. The number of aromatic nitrogens is 4. The van der Waals surface area contributed by atoms with Crippen molar-refractivity contribution >= 4 is 23.2 Å². The number of carbonyl (C=O) groups excluding carboxylic acids is 1. The van der Waals surface area contributed by atoms with Crippen LogP contribution in [0.4, 0.5) is 10.1 Å². The minimum Gasteiger partial charge on any atom is -0.323 e. The minimum absolute atomic E-state index is 0.114. The van der Waals surface area contributed by atoms with Gasteiger partial charge in [0.15, 0.2) is 0 Å². The maximum absolute atomic E-state index is 13.1. The average Bonchev–Trinajstić information content (AvgIpc) is 3.14. The molecule has 8 heteroatoms. The summed E-state index contributed by atoms with van der Waals surface area (Å²) in [5.74, 6) is -0.494. The van der Waals surface area contributed by atoms with Gasteiger partial charge in [0.2, 0.25) is 5.91 Å². The number of halogens is 2. The molecule has 0 aliphatic rings. The molecule has 0 spiro atoms. The molecular formula is C18H19ClFN5O. The molecule has 1 N–H and O–H groups in total. The van der Waals surface area contributed by atoms with Gasteiger partial charge in [-0.05, 0) is 37.6 Å². The average molecular weight is 376 g/mol. The van der Waals surface area contributed by atoms with E-state index in [0.29, 0.717) is 30.2 Å². The third-order valence-corrected chi connectivity index (χ3v) is 4.27. The first-order valence-electron chi connectivity index (χ1n) is 8.18. The van der Waals surface area contributed by atoms with Crippen LogP contribution in [0.2, 0.25) is 5.02 Å². The topological polar surface area (TPSA) is 64.7 Å². The van der Waals surface area contributed by atoms with Gasteiger partial charge in [0, 0.05) is 29.9 Å². The molecule has 136 valence electrons. The lowest BCUT2D eigenvalue weighted by Gasteiger charge is -2.05. The highest BCUT2D eigenvalue weighted by molar-refractivity contribution is 6.31. The second-order valence-electron chi connectivity index (χ2n) is 6.11. The molecule has 1 amide bonds. The Morgan fingerprint density at radius 2 is 2.12 bits per heavy atom. The molecule has 2 heterocycles. The third-order valence-electron chi connectivity index (χ3n) is 3.92. The van der Waals surface area contributed by atoms with Gasteiger partial charge < -0.3 is 5.32 Å². The van der Waals surface area contributed by atoms with Crippen LogP contribution >= 0.6 is 11.6 Å². The Morgan fingerprint density at radius 1 is 1.31 bits per heavy atom. The second kappa shape index (κ2) is 7.70. The van der Waals surface area contributed by atoms with Gasteiger partial charge in [-0.1, -0.05) is 17.7 Å². The molecule has 3 rings (SSSR count). The summed E-state index contributed by atoms with van der Waals surface area (Å²) < 4.78 is 16.5. The Bertz CT molecular complexity index is 934. The summed E-state index contributed by atoms with van der Waals surface area (Å²) in [5.41, 5.74) is 3.31. The normalized spacial score (nSPS) is 10.9. The molecule has 26 heavy (non-hydrogen) atoms. The summed E-state index contributed by atoms with van der Waals surface area (Å²) in [5, 5.41) is 11.7. The highest BCUT2D eigenvalue weighted by Crippen LogP contribution is 2.19. The van der Waals surface area contributed by atoms with Crippen molar-refractivity contribution in [1.82, 2.24) is 19.6 Å². The molecule has 2 aromatic heterocycles. The summed E-state index contributed by atoms with van der Waals surface area (Å²) in [4.78, 5) is 12.1. The summed E-state index contributed by atoms with van der Waals surface area (Å²) in [6.07, 6.45) is 3.59. The maximum atomic E-state index is 13.1. The van der Waals surface area contributed by atoms with Crippen molar-refractivity contribution in [3.05, 3.63) is 64.5 Å². The SMILES string of the molecule is Cc1cc(C)n(CCC(=O)Nc2cnn(Cc3ccc(F)cc3Cl)c2)n1. The molecule has 0 saturated carbocycles. The lowest BCUT2D eigenvalue weighted by Crippen LogP contribution is -2.15. The Balaban J connectivity index is 1.56. The smallest absolute Gasteiger partial charge is 0.226 e. The Morgan fingerprint density at radius 3 is 2.81 bits per heavy atom. The van der Waals surface area contributed by atoms with E-state index in [2.05, 4.69) is 15.5 Å². The molecule has 0 aliphatic carbocycles. The largest absolute Gasteiger partial charge is 0.323 e. The van der Waals surface area contributed by atoms with E-state index in [1.165, 1.54) is 12.1 Å². The van der Waals surface area contributed by atoms with Gasteiger partial charge in [-0.3, -0.25) is 14.2 Å². The highest BCUT2D eigenvalue weighted by atomic mass is 35.5. The number of carbonyl (C=O) groups is 1. The van der Waals surface area contributed by atoms with Gasteiger partial charge in [-0.2, -0.15) is 10.2 Å². The number of rotatable bonds is 6. The lowest BCUT2D eigenvalue weighted by molar-refractivity contribution is -0.116. The maximum Gasteiger partial charge on any atom is 0.226 e. The molecule has 0 unspecified atom stereocenters. The van der Waals surface area contributed by atoms with E-state index in [4.69, 9.17) is 11.6 Å². The van der Waals surface area contributed by atoms with E-state index in [1.807, 2.05) is 24.6 Å². The number of amides is 1. The van der Waals surface area contributed by atoms with Gasteiger partial charge in [0.1, 0.15) is 5.82 Å². The zero-order valence-corrected chi connectivity index (χ0v) is 15.3. The van der Waals surface area contributed by atoms with Crippen LogP contribution in [0.1, 0.15) is 23.4 Å². The molecule has 0 aliphatic heterocycles. The van der Waals surface area contributed by atoms with Crippen LogP contribution in [0, 0.1) is 19.7 Å². The minimum atomic E-state index is -0.380. The number of nitrogens with one attached hydrogen (secondary N) is 1. The Kier molecular flexibility index (Phi) is 5.37. The number of hydrogen-bond acceptors (Lipinski definition) is 3. The molecule has 3 aromatic rings. The fourth-order valence-electron chi connectivity index (χ4n) is 2.67. The first-order chi connectivity index (χ1) is 12.4. The predicted octanol–water partition coefficient (Wildman–Crippen LogP) is 3.57. The zero-order chi connectivity index (χ0) is 18.7. The van der Waals surface area contributed by atoms with Crippen LogP contribution < -0.4 is 5.32 Å². The monoisotopic (exact) mass is 375 g/mol. The van der Waals surface area contributed by atoms with Gasteiger partial charge in [-0.25, -0.2) is 4.39 Å². The molecule has 6 nitrogen and oxygen atoms in total. The van der Waals surface area contributed by atoms with Crippen molar-refractivity contribution in [2.45, 2.75) is 33.4 Å². The lowest BCUT2D eigenvalue weighted by atomic mass is 10.2. The van der Waals surface area contributed by atoms with Gasteiger partial charge >= 0.3 is 0 Å². The van der Waals surface area contributed by atoms with E-state index >= 15 is 0 Å². The molecule has 0 radical (unpaired) electrons. The van der Waals surface area contributed by atoms with E-state index < -0.39 is 0 Å². The van der Waals surface area contributed by atoms with Gasteiger partial charge in [0.25, 0.3) is 0 Å². The van der Waals surface area contributed by atoms with Crippen LogP contribution in [-0.4, -0.2) is 25.5 Å². The number of anilines is 1. The zero-order valence-electron chi connectivity index (χ0n) is 14.5. The van der Waals surface area contributed by atoms with Crippen molar-refractivity contribution < 1.29 is 9.18 Å². The van der Waals surface area contributed by atoms with Crippen molar-refractivity contribution in [3.63, 3.8) is 0 Å². The van der Waals surface area contributed by atoms with Gasteiger partial charge in [0.05, 0.1) is 24.1 Å². The quantitative estimate of drug-likeness (QED) is 0.716. The standard InChI is InChI=1S/C18H19ClFN5O/c1-12-7-13(2)25(23-12)6-5-18(26)22-16-9-21-24(11-16)10-14-3-4-15(20)8-17(14)19/h3-4,7-9,11H,5-6,10H2,1-2H3,(H,22,26). The summed E-state index contributed by atoms with van der Waals surface area (Å²) in [7, 11) is 0. The first-order valence-corrected chi connectivity index (χ1v) is 8.56. The predicted molar refractivity (Wildman–Crippen MR) is 97.7 cm³/mol. The fourth-order valence-corrected chi connectivity index (χ4v) is 2.90. The molecular weight excluding hydrogens is 357 g/mol. The summed E-state index contributed by atoms with van der Waals surface area (Å²) >= 11 is 6.03. The third kappa shape index (κ3) is 4.49. The highest BCUT2D eigenvalue weighted by Gasteiger charge is 2.09. The molecule has 0 fully saturated rings. The first kappa shape index (κ1) is 18.1. The van der Waals surface area contributed by atoms with E-state index in [9.17, 15) is 9.18 Å². The van der Waals surface area contributed by atoms with E-state index in [1.54, 1.807) is 23.1 Å².